The van der Waals surface area contributed by atoms with E-state index in [1.807, 2.05) is 0 Å². The van der Waals surface area contributed by atoms with E-state index < -0.39 is 0 Å². The molecule has 1 heteroatoms. The highest BCUT2D eigenvalue weighted by Crippen LogP contribution is 2.22. The predicted molar refractivity (Wildman–Crippen MR) is 112 cm³/mol. The minimum atomic E-state index is 0.531. The fraction of sp³-hybridized carbons (Fsp3) is 1.00. The first-order valence-corrected chi connectivity index (χ1v) is 11.3. The maximum atomic E-state index is 3.61. The van der Waals surface area contributed by atoms with Gasteiger partial charge in [0.25, 0.3) is 0 Å². The molecule has 0 spiro atoms. The Morgan fingerprint density at radius 2 is 0.875 bits per heavy atom. The van der Waals surface area contributed by atoms with Crippen molar-refractivity contribution in [2.45, 2.75) is 130 Å². The van der Waals surface area contributed by atoms with Crippen LogP contribution in [0, 0.1) is 5.41 Å². The van der Waals surface area contributed by atoms with Crippen molar-refractivity contribution >= 4 is 0 Å². The molecule has 0 aliphatic rings. The Bertz CT molecular complexity index is 229. The first-order valence-electron chi connectivity index (χ1n) is 11.3. The monoisotopic (exact) mass is 339 g/mol. The van der Waals surface area contributed by atoms with Crippen molar-refractivity contribution < 1.29 is 0 Å². The van der Waals surface area contributed by atoms with Crippen LogP contribution in [0.5, 0.6) is 0 Å². The van der Waals surface area contributed by atoms with Gasteiger partial charge in [-0.1, -0.05) is 111 Å². The molecule has 0 aromatic carbocycles. The van der Waals surface area contributed by atoms with Gasteiger partial charge >= 0.3 is 0 Å². The summed E-state index contributed by atoms with van der Waals surface area (Å²) in [5.41, 5.74) is 0.531. The summed E-state index contributed by atoms with van der Waals surface area (Å²) in [6.07, 6.45) is 22.8. The number of unbranched alkanes of at least 4 members (excludes halogenated alkanes) is 13. The minimum absolute atomic E-state index is 0.531. The summed E-state index contributed by atoms with van der Waals surface area (Å²) >= 11 is 0. The molecule has 0 aliphatic carbocycles. The van der Waals surface area contributed by atoms with Gasteiger partial charge in [-0.2, -0.15) is 0 Å². The third-order valence-corrected chi connectivity index (χ3v) is 4.99. The van der Waals surface area contributed by atoms with Crippen molar-refractivity contribution in [3.05, 3.63) is 0 Å². The average molecular weight is 340 g/mol. The SMILES string of the molecule is CCCCCCCCNCCCCCCCCCCCC(C)(C)C. The highest BCUT2D eigenvalue weighted by Gasteiger charge is 2.08. The maximum absolute atomic E-state index is 3.61. The molecule has 146 valence electrons. The smallest absolute Gasteiger partial charge is 0.00489 e. The van der Waals surface area contributed by atoms with Gasteiger partial charge in [-0.25, -0.2) is 0 Å². The first kappa shape index (κ1) is 24.0. The lowest BCUT2D eigenvalue weighted by molar-refractivity contribution is 0.356. The van der Waals surface area contributed by atoms with Crippen LogP contribution in [-0.2, 0) is 0 Å². The van der Waals surface area contributed by atoms with Crippen LogP contribution < -0.4 is 5.32 Å². The van der Waals surface area contributed by atoms with Gasteiger partial charge in [0.15, 0.2) is 0 Å². The maximum Gasteiger partial charge on any atom is -0.00489 e. The normalized spacial score (nSPS) is 12.0. The third-order valence-electron chi connectivity index (χ3n) is 4.99. The highest BCUT2D eigenvalue weighted by molar-refractivity contribution is 4.61. The molecule has 0 aliphatic heterocycles. The predicted octanol–water partition coefficient (Wildman–Crippen LogP) is 7.88. The van der Waals surface area contributed by atoms with Crippen LogP contribution in [0.3, 0.4) is 0 Å². The molecule has 0 bridgehead atoms. The van der Waals surface area contributed by atoms with Crippen molar-refractivity contribution in [3.63, 3.8) is 0 Å². The number of rotatable bonds is 18. The average Bonchev–Trinajstić information content (AvgIpc) is 2.52. The van der Waals surface area contributed by atoms with E-state index in [0.717, 1.165) is 0 Å². The van der Waals surface area contributed by atoms with Crippen LogP contribution in [0.25, 0.3) is 0 Å². The Kier molecular flexibility index (Phi) is 17.7. The Morgan fingerprint density at radius 1 is 0.500 bits per heavy atom. The molecule has 0 amide bonds. The molecular weight excluding hydrogens is 290 g/mol. The number of hydrogen-bond acceptors (Lipinski definition) is 1. The Labute approximate surface area is 154 Å². The molecule has 0 atom stereocenters. The van der Waals surface area contributed by atoms with Crippen molar-refractivity contribution in [2.24, 2.45) is 5.41 Å². The van der Waals surface area contributed by atoms with Gasteiger partial charge in [-0.05, 0) is 37.8 Å². The zero-order valence-corrected chi connectivity index (χ0v) is 17.7. The molecule has 1 N–H and O–H groups in total. The molecule has 0 radical (unpaired) electrons. The van der Waals surface area contributed by atoms with Gasteiger partial charge in [0, 0.05) is 0 Å². The molecular formula is C23H49N. The van der Waals surface area contributed by atoms with Gasteiger partial charge in [0.2, 0.25) is 0 Å². The van der Waals surface area contributed by atoms with E-state index >= 15 is 0 Å². The molecule has 0 saturated heterocycles. The molecule has 0 fully saturated rings. The topological polar surface area (TPSA) is 12.0 Å². The molecule has 24 heavy (non-hydrogen) atoms. The number of hydrogen-bond donors (Lipinski definition) is 1. The summed E-state index contributed by atoms with van der Waals surface area (Å²) in [5, 5.41) is 3.61. The fourth-order valence-corrected chi connectivity index (χ4v) is 3.30. The van der Waals surface area contributed by atoms with E-state index in [-0.39, 0.29) is 0 Å². The molecule has 0 aromatic heterocycles. The summed E-state index contributed by atoms with van der Waals surface area (Å²) in [4.78, 5) is 0. The van der Waals surface area contributed by atoms with Crippen LogP contribution in [0.15, 0.2) is 0 Å². The summed E-state index contributed by atoms with van der Waals surface area (Å²) in [5.74, 6) is 0. The zero-order chi connectivity index (χ0) is 17.9. The van der Waals surface area contributed by atoms with Crippen molar-refractivity contribution in [2.75, 3.05) is 13.1 Å². The Hall–Kier alpha value is -0.0400. The van der Waals surface area contributed by atoms with E-state index in [1.54, 1.807) is 0 Å². The molecule has 0 saturated carbocycles. The Balaban J connectivity index is 3.00. The van der Waals surface area contributed by atoms with E-state index in [1.165, 1.54) is 116 Å². The third kappa shape index (κ3) is 22.0. The quantitative estimate of drug-likeness (QED) is 0.250. The van der Waals surface area contributed by atoms with E-state index in [0.29, 0.717) is 5.41 Å². The van der Waals surface area contributed by atoms with Gasteiger partial charge < -0.3 is 5.32 Å². The second-order valence-corrected chi connectivity index (χ2v) is 9.01. The van der Waals surface area contributed by atoms with E-state index in [9.17, 15) is 0 Å². The summed E-state index contributed by atoms with van der Waals surface area (Å²) in [6, 6.07) is 0. The van der Waals surface area contributed by atoms with Crippen LogP contribution in [0.1, 0.15) is 130 Å². The molecule has 0 heterocycles. The Morgan fingerprint density at radius 3 is 1.29 bits per heavy atom. The van der Waals surface area contributed by atoms with Gasteiger partial charge in [-0.15, -0.1) is 0 Å². The lowest BCUT2D eigenvalue weighted by Crippen LogP contribution is -2.16. The zero-order valence-electron chi connectivity index (χ0n) is 17.7. The minimum Gasteiger partial charge on any atom is -0.317 e. The van der Waals surface area contributed by atoms with Crippen LogP contribution >= 0.6 is 0 Å². The molecule has 0 rings (SSSR count). The number of nitrogens with one attached hydrogen (secondary N) is 1. The lowest BCUT2D eigenvalue weighted by Gasteiger charge is -2.17. The highest BCUT2D eigenvalue weighted by atomic mass is 14.8. The van der Waals surface area contributed by atoms with E-state index in [2.05, 4.69) is 33.0 Å². The van der Waals surface area contributed by atoms with E-state index in [4.69, 9.17) is 0 Å². The summed E-state index contributed by atoms with van der Waals surface area (Å²) in [7, 11) is 0. The van der Waals surface area contributed by atoms with Crippen molar-refractivity contribution in [1.82, 2.24) is 5.32 Å². The largest absolute Gasteiger partial charge is 0.317 e. The second kappa shape index (κ2) is 17.8. The van der Waals surface area contributed by atoms with Gasteiger partial charge in [-0.3, -0.25) is 0 Å². The first-order chi connectivity index (χ1) is 11.6. The standard InChI is InChI=1S/C23H49N/c1-5-6-7-8-15-18-21-24-22-19-16-13-11-9-10-12-14-17-20-23(2,3)4/h24H,5-22H2,1-4H3. The summed E-state index contributed by atoms with van der Waals surface area (Å²) in [6.45, 7) is 11.8. The fourth-order valence-electron chi connectivity index (χ4n) is 3.30. The van der Waals surface area contributed by atoms with Gasteiger partial charge in [0.05, 0.1) is 0 Å². The summed E-state index contributed by atoms with van der Waals surface area (Å²) < 4.78 is 0. The second-order valence-electron chi connectivity index (χ2n) is 9.01. The van der Waals surface area contributed by atoms with Gasteiger partial charge in [0.1, 0.15) is 0 Å². The van der Waals surface area contributed by atoms with Crippen LogP contribution in [0.2, 0.25) is 0 Å². The van der Waals surface area contributed by atoms with Crippen LogP contribution in [-0.4, -0.2) is 13.1 Å². The van der Waals surface area contributed by atoms with Crippen molar-refractivity contribution in [1.29, 1.82) is 0 Å². The molecule has 1 nitrogen and oxygen atoms in total. The van der Waals surface area contributed by atoms with Crippen LogP contribution in [0.4, 0.5) is 0 Å². The van der Waals surface area contributed by atoms with Crippen molar-refractivity contribution in [3.8, 4) is 0 Å². The molecule has 0 unspecified atom stereocenters. The lowest BCUT2D eigenvalue weighted by atomic mass is 9.89. The molecule has 0 aromatic rings.